The number of carbonyl (C=O) groups excluding carboxylic acids is 1. The Balaban J connectivity index is 1.71. The van der Waals surface area contributed by atoms with Gasteiger partial charge in [-0.3, -0.25) is 9.78 Å². The fourth-order valence-electron chi connectivity index (χ4n) is 2.80. The van der Waals surface area contributed by atoms with Gasteiger partial charge in [0.15, 0.2) is 0 Å². The van der Waals surface area contributed by atoms with Crippen LogP contribution in [0.1, 0.15) is 24.7 Å². The van der Waals surface area contributed by atoms with Crippen molar-refractivity contribution >= 4 is 5.91 Å². The minimum absolute atomic E-state index is 0.0613. The zero-order valence-electron chi connectivity index (χ0n) is 14.3. The second-order valence-corrected chi connectivity index (χ2v) is 6.47. The first-order valence-electron chi connectivity index (χ1n) is 8.29. The first-order valence-corrected chi connectivity index (χ1v) is 8.29. The SMILES string of the molecule is C[C@H]1CN[C@H](C(=O)NCc2cc(-c3cnc(C(F)(F)F)nc3)ncc2F)C1. The Hall–Kier alpha value is -2.62. The van der Waals surface area contributed by atoms with Crippen LogP contribution in [0.3, 0.4) is 0 Å². The van der Waals surface area contributed by atoms with Gasteiger partial charge in [0.05, 0.1) is 17.9 Å². The molecule has 1 aliphatic heterocycles. The van der Waals surface area contributed by atoms with Gasteiger partial charge in [-0.05, 0) is 24.9 Å². The highest BCUT2D eigenvalue weighted by molar-refractivity contribution is 5.82. The van der Waals surface area contributed by atoms with Gasteiger partial charge in [0.2, 0.25) is 11.7 Å². The first-order chi connectivity index (χ1) is 12.7. The van der Waals surface area contributed by atoms with Crippen LogP contribution in [0.25, 0.3) is 11.3 Å². The largest absolute Gasteiger partial charge is 0.451 e. The molecule has 0 aromatic carbocycles. The summed E-state index contributed by atoms with van der Waals surface area (Å²) in [4.78, 5) is 22.5. The first kappa shape index (κ1) is 19.2. The number of nitrogens with one attached hydrogen (secondary N) is 2. The maximum absolute atomic E-state index is 14.0. The van der Waals surface area contributed by atoms with E-state index in [0.717, 1.165) is 25.1 Å². The third kappa shape index (κ3) is 4.57. The number of amides is 1. The Labute approximate surface area is 152 Å². The van der Waals surface area contributed by atoms with Crippen molar-refractivity contribution in [3.8, 4) is 11.3 Å². The van der Waals surface area contributed by atoms with Crippen LogP contribution in [0.5, 0.6) is 0 Å². The lowest BCUT2D eigenvalue weighted by atomic mass is 10.1. The highest BCUT2D eigenvalue weighted by atomic mass is 19.4. The lowest BCUT2D eigenvalue weighted by Crippen LogP contribution is -2.40. The summed E-state index contributed by atoms with van der Waals surface area (Å²) in [6, 6.07) is 1.04. The molecule has 2 aromatic rings. The average molecular weight is 383 g/mol. The van der Waals surface area contributed by atoms with Crippen molar-refractivity contribution in [1.29, 1.82) is 0 Å². The number of nitrogens with zero attached hydrogens (tertiary/aromatic N) is 3. The summed E-state index contributed by atoms with van der Waals surface area (Å²) in [6.07, 6.45) is -1.04. The van der Waals surface area contributed by atoms with E-state index in [0.29, 0.717) is 12.3 Å². The van der Waals surface area contributed by atoms with Gasteiger partial charge in [-0.25, -0.2) is 14.4 Å². The third-order valence-electron chi connectivity index (χ3n) is 4.26. The summed E-state index contributed by atoms with van der Waals surface area (Å²) >= 11 is 0. The zero-order chi connectivity index (χ0) is 19.6. The molecule has 0 saturated carbocycles. The number of pyridine rings is 1. The maximum Gasteiger partial charge on any atom is 0.451 e. The molecule has 1 aliphatic rings. The summed E-state index contributed by atoms with van der Waals surface area (Å²) in [5, 5.41) is 5.75. The average Bonchev–Trinajstić information content (AvgIpc) is 3.07. The molecule has 1 fully saturated rings. The second-order valence-electron chi connectivity index (χ2n) is 6.47. The Kier molecular flexibility index (Phi) is 5.36. The summed E-state index contributed by atoms with van der Waals surface area (Å²) in [5.74, 6) is -1.72. The molecule has 2 aromatic heterocycles. The van der Waals surface area contributed by atoms with Gasteiger partial charge in [0.25, 0.3) is 0 Å². The van der Waals surface area contributed by atoms with Gasteiger partial charge in [-0.1, -0.05) is 6.92 Å². The van der Waals surface area contributed by atoms with Crippen molar-refractivity contribution in [1.82, 2.24) is 25.6 Å². The minimum Gasteiger partial charge on any atom is -0.351 e. The van der Waals surface area contributed by atoms with E-state index in [-0.39, 0.29) is 35.3 Å². The molecule has 6 nitrogen and oxygen atoms in total. The third-order valence-corrected chi connectivity index (χ3v) is 4.26. The van der Waals surface area contributed by atoms with Crippen molar-refractivity contribution in [3.63, 3.8) is 0 Å². The van der Waals surface area contributed by atoms with Crippen LogP contribution in [0.15, 0.2) is 24.7 Å². The molecule has 144 valence electrons. The molecule has 3 heterocycles. The van der Waals surface area contributed by atoms with Crippen LogP contribution in [-0.4, -0.2) is 33.4 Å². The number of hydrogen-bond acceptors (Lipinski definition) is 5. The normalized spacial score (nSPS) is 19.9. The topological polar surface area (TPSA) is 79.8 Å². The van der Waals surface area contributed by atoms with Gasteiger partial charge >= 0.3 is 6.18 Å². The number of rotatable bonds is 4. The molecule has 0 spiro atoms. The Bertz CT molecular complexity index is 825. The number of alkyl halides is 3. The lowest BCUT2D eigenvalue weighted by Gasteiger charge is -2.12. The standard InChI is InChI=1S/C17H17F4N5O/c1-9-2-14(22-4-9)15(27)24-5-10-3-13(23-8-12(10)18)11-6-25-16(26-7-11)17(19,20)21/h3,6-9,14,22H,2,4-5H2,1H3,(H,24,27)/t9-,14+/m1/s1. The molecule has 3 rings (SSSR count). The molecule has 0 bridgehead atoms. The Morgan fingerprint density at radius 1 is 1.26 bits per heavy atom. The quantitative estimate of drug-likeness (QED) is 0.792. The van der Waals surface area contributed by atoms with E-state index >= 15 is 0 Å². The van der Waals surface area contributed by atoms with E-state index in [2.05, 4.69) is 25.6 Å². The zero-order valence-corrected chi connectivity index (χ0v) is 14.3. The van der Waals surface area contributed by atoms with E-state index in [4.69, 9.17) is 0 Å². The minimum atomic E-state index is -4.64. The number of carbonyl (C=O) groups is 1. The van der Waals surface area contributed by atoms with Crippen molar-refractivity contribution in [2.45, 2.75) is 32.1 Å². The van der Waals surface area contributed by atoms with Crippen LogP contribution in [-0.2, 0) is 17.5 Å². The van der Waals surface area contributed by atoms with E-state index in [9.17, 15) is 22.4 Å². The highest BCUT2D eigenvalue weighted by Gasteiger charge is 2.34. The smallest absolute Gasteiger partial charge is 0.351 e. The molecule has 2 N–H and O–H groups in total. The molecule has 27 heavy (non-hydrogen) atoms. The molecule has 1 amide bonds. The van der Waals surface area contributed by atoms with Gasteiger partial charge in [0, 0.05) is 30.1 Å². The van der Waals surface area contributed by atoms with E-state index in [1.54, 1.807) is 0 Å². The second kappa shape index (κ2) is 7.55. The van der Waals surface area contributed by atoms with Crippen molar-refractivity contribution in [3.05, 3.63) is 41.9 Å². The summed E-state index contributed by atoms with van der Waals surface area (Å²) in [7, 11) is 0. The van der Waals surface area contributed by atoms with Gasteiger partial charge in [0.1, 0.15) is 5.82 Å². The summed E-state index contributed by atoms with van der Waals surface area (Å²) in [5.41, 5.74) is 0.586. The van der Waals surface area contributed by atoms with Crippen LogP contribution in [0, 0.1) is 11.7 Å². The molecule has 0 aliphatic carbocycles. The fraction of sp³-hybridized carbons (Fsp3) is 0.412. The van der Waals surface area contributed by atoms with Crippen LogP contribution < -0.4 is 10.6 Å². The Morgan fingerprint density at radius 2 is 1.96 bits per heavy atom. The van der Waals surface area contributed by atoms with Crippen LogP contribution >= 0.6 is 0 Å². The maximum atomic E-state index is 14.0. The van der Waals surface area contributed by atoms with Crippen LogP contribution in [0.2, 0.25) is 0 Å². The van der Waals surface area contributed by atoms with Crippen molar-refractivity contribution in [2.24, 2.45) is 5.92 Å². The van der Waals surface area contributed by atoms with E-state index in [1.807, 2.05) is 6.92 Å². The molecule has 10 heteroatoms. The Morgan fingerprint density at radius 3 is 2.56 bits per heavy atom. The molecule has 0 unspecified atom stereocenters. The summed E-state index contributed by atoms with van der Waals surface area (Å²) < 4.78 is 51.6. The predicted molar refractivity (Wildman–Crippen MR) is 87.6 cm³/mol. The van der Waals surface area contributed by atoms with Gasteiger partial charge < -0.3 is 10.6 Å². The predicted octanol–water partition coefficient (Wildman–Crippen LogP) is 2.31. The highest BCUT2D eigenvalue weighted by Crippen LogP contribution is 2.27. The van der Waals surface area contributed by atoms with Gasteiger partial charge in [-0.2, -0.15) is 13.2 Å². The molecule has 0 radical (unpaired) electrons. The lowest BCUT2D eigenvalue weighted by molar-refractivity contribution is -0.145. The number of hydrogen-bond donors (Lipinski definition) is 2. The summed E-state index contributed by atoms with van der Waals surface area (Å²) in [6.45, 7) is 2.72. The number of halogens is 4. The molecule has 1 saturated heterocycles. The van der Waals surface area contributed by atoms with Crippen LogP contribution in [0.4, 0.5) is 17.6 Å². The van der Waals surface area contributed by atoms with Gasteiger partial charge in [-0.15, -0.1) is 0 Å². The molecule has 2 atom stereocenters. The van der Waals surface area contributed by atoms with E-state index in [1.165, 1.54) is 6.07 Å². The van der Waals surface area contributed by atoms with Crippen molar-refractivity contribution < 1.29 is 22.4 Å². The monoisotopic (exact) mass is 383 g/mol. The number of aromatic nitrogens is 3. The molecular formula is C17H17F4N5O. The molecular weight excluding hydrogens is 366 g/mol. The van der Waals surface area contributed by atoms with Crippen molar-refractivity contribution in [2.75, 3.05) is 6.54 Å². The fourth-order valence-corrected chi connectivity index (χ4v) is 2.80. The van der Waals surface area contributed by atoms with E-state index < -0.39 is 17.8 Å².